The van der Waals surface area contributed by atoms with Crippen LogP contribution in [-0.2, 0) is 16.0 Å². The van der Waals surface area contributed by atoms with Gasteiger partial charge in [-0.2, -0.15) is 0 Å². The minimum Gasteiger partial charge on any atom is -0.375 e. The first-order chi connectivity index (χ1) is 12.2. The molecule has 0 bridgehead atoms. The van der Waals surface area contributed by atoms with Crippen LogP contribution < -0.4 is 5.32 Å². The fourth-order valence-electron chi connectivity index (χ4n) is 3.39. The van der Waals surface area contributed by atoms with Crippen molar-refractivity contribution in [2.75, 3.05) is 32.8 Å². The van der Waals surface area contributed by atoms with Gasteiger partial charge in [-0.15, -0.1) is 0 Å². The molecular formula is C19H28FN3O2. The molecule has 138 valence electrons. The molecule has 1 aromatic rings. The molecule has 3 rings (SSSR count). The molecular weight excluding hydrogens is 321 g/mol. The first-order valence-electron chi connectivity index (χ1n) is 9.19. The number of guanidine groups is 1. The molecule has 0 aromatic heterocycles. The van der Waals surface area contributed by atoms with Crippen molar-refractivity contribution in [1.82, 2.24) is 10.2 Å². The summed E-state index contributed by atoms with van der Waals surface area (Å²) in [5.41, 5.74) is 1.67. The molecule has 0 radical (unpaired) electrons. The molecule has 5 nitrogen and oxygen atoms in total. The van der Waals surface area contributed by atoms with Gasteiger partial charge in [-0.25, -0.2) is 9.38 Å². The van der Waals surface area contributed by atoms with Gasteiger partial charge in [0.2, 0.25) is 0 Å². The van der Waals surface area contributed by atoms with E-state index < -0.39 is 0 Å². The number of nitrogens with one attached hydrogen (secondary N) is 1. The van der Waals surface area contributed by atoms with Gasteiger partial charge in [0.15, 0.2) is 5.96 Å². The third-order valence-corrected chi connectivity index (χ3v) is 4.74. The molecule has 25 heavy (non-hydrogen) atoms. The van der Waals surface area contributed by atoms with Crippen LogP contribution in [0.1, 0.15) is 30.9 Å². The molecule has 2 aliphatic heterocycles. The van der Waals surface area contributed by atoms with Gasteiger partial charge in [0.05, 0.1) is 19.3 Å². The van der Waals surface area contributed by atoms with Gasteiger partial charge in [-0.1, -0.05) is 12.1 Å². The van der Waals surface area contributed by atoms with Gasteiger partial charge < -0.3 is 19.7 Å². The predicted molar refractivity (Wildman–Crippen MR) is 96.2 cm³/mol. The summed E-state index contributed by atoms with van der Waals surface area (Å²) in [4.78, 5) is 7.00. The highest BCUT2D eigenvalue weighted by atomic mass is 19.1. The highest BCUT2D eigenvalue weighted by molar-refractivity contribution is 5.80. The van der Waals surface area contributed by atoms with E-state index in [1.54, 1.807) is 13.0 Å². The third kappa shape index (κ3) is 4.70. The highest BCUT2D eigenvalue weighted by Gasteiger charge is 2.32. The summed E-state index contributed by atoms with van der Waals surface area (Å²) in [6.07, 6.45) is 2.49. The van der Waals surface area contributed by atoms with Crippen LogP contribution in [0.2, 0.25) is 0 Å². The molecule has 6 heteroatoms. The van der Waals surface area contributed by atoms with Gasteiger partial charge >= 0.3 is 0 Å². The maximum atomic E-state index is 13.4. The Hall–Kier alpha value is -1.66. The molecule has 0 amide bonds. The summed E-state index contributed by atoms with van der Waals surface area (Å²) in [6, 6.07) is 5.16. The maximum absolute atomic E-state index is 13.4. The normalized spacial score (nSPS) is 24.6. The van der Waals surface area contributed by atoms with E-state index in [-0.39, 0.29) is 18.0 Å². The number of morpholine rings is 1. The number of rotatable bonds is 4. The highest BCUT2D eigenvalue weighted by Crippen LogP contribution is 2.21. The number of aliphatic imine (C=N–C) groups is 1. The van der Waals surface area contributed by atoms with E-state index in [4.69, 9.17) is 14.5 Å². The number of aryl methyl sites for hydroxylation is 1. The monoisotopic (exact) mass is 349 g/mol. The van der Waals surface area contributed by atoms with Gasteiger partial charge in [0.25, 0.3) is 0 Å². The Morgan fingerprint density at radius 3 is 2.88 bits per heavy atom. The van der Waals surface area contributed by atoms with E-state index in [9.17, 15) is 4.39 Å². The molecule has 2 unspecified atom stereocenters. The fourth-order valence-corrected chi connectivity index (χ4v) is 3.39. The fraction of sp³-hybridized carbons (Fsp3) is 0.632. The van der Waals surface area contributed by atoms with Crippen molar-refractivity contribution in [2.45, 2.75) is 45.4 Å². The van der Waals surface area contributed by atoms with E-state index >= 15 is 0 Å². The van der Waals surface area contributed by atoms with Crippen molar-refractivity contribution in [1.29, 1.82) is 0 Å². The quantitative estimate of drug-likeness (QED) is 0.670. The average Bonchev–Trinajstić information content (AvgIpc) is 3.16. The number of halogens is 1. The second-order valence-electron chi connectivity index (χ2n) is 6.66. The van der Waals surface area contributed by atoms with Gasteiger partial charge in [0, 0.05) is 26.2 Å². The Morgan fingerprint density at radius 2 is 2.16 bits per heavy atom. The first kappa shape index (κ1) is 18.1. The number of hydrogen-bond acceptors (Lipinski definition) is 3. The summed E-state index contributed by atoms with van der Waals surface area (Å²) >= 11 is 0. The first-order valence-corrected chi connectivity index (χ1v) is 9.19. The zero-order valence-corrected chi connectivity index (χ0v) is 15.1. The average molecular weight is 349 g/mol. The Balaban J connectivity index is 1.67. The second kappa shape index (κ2) is 8.63. The molecule has 2 heterocycles. The van der Waals surface area contributed by atoms with Crippen LogP contribution >= 0.6 is 0 Å². The van der Waals surface area contributed by atoms with Crippen LogP contribution in [0.15, 0.2) is 23.2 Å². The Labute approximate surface area is 149 Å². The van der Waals surface area contributed by atoms with Crippen LogP contribution in [0.3, 0.4) is 0 Å². The molecule has 2 atom stereocenters. The largest absolute Gasteiger partial charge is 0.375 e. The van der Waals surface area contributed by atoms with Crippen LogP contribution in [0.5, 0.6) is 0 Å². The number of benzene rings is 1. The lowest BCUT2D eigenvalue weighted by Gasteiger charge is -2.37. The van der Waals surface area contributed by atoms with Crippen molar-refractivity contribution < 1.29 is 13.9 Å². The van der Waals surface area contributed by atoms with Gasteiger partial charge in [-0.05, 0) is 43.9 Å². The van der Waals surface area contributed by atoms with E-state index in [1.807, 2.05) is 6.07 Å². The molecule has 0 saturated carbocycles. The van der Waals surface area contributed by atoms with Crippen molar-refractivity contribution >= 4 is 5.96 Å². The molecule has 0 spiro atoms. The van der Waals surface area contributed by atoms with Gasteiger partial charge in [0.1, 0.15) is 11.9 Å². The second-order valence-corrected chi connectivity index (χ2v) is 6.66. The summed E-state index contributed by atoms with van der Waals surface area (Å²) in [5.74, 6) is 0.711. The van der Waals surface area contributed by atoms with Crippen LogP contribution in [0.4, 0.5) is 4.39 Å². The lowest BCUT2D eigenvalue weighted by Crippen LogP contribution is -2.53. The maximum Gasteiger partial charge on any atom is 0.194 e. The lowest BCUT2D eigenvalue weighted by atomic mass is 10.1. The predicted octanol–water partition coefficient (Wildman–Crippen LogP) is 2.48. The van der Waals surface area contributed by atoms with Gasteiger partial charge in [-0.3, -0.25) is 0 Å². The molecule has 2 saturated heterocycles. The number of ether oxygens (including phenoxy) is 2. The van der Waals surface area contributed by atoms with Crippen molar-refractivity contribution in [3.63, 3.8) is 0 Å². The Kier molecular flexibility index (Phi) is 6.26. The number of nitrogens with zero attached hydrogens (tertiary/aromatic N) is 2. The zero-order chi connectivity index (χ0) is 17.6. The van der Waals surface area contributed by atoms with Crippen LogP contribution in [0, 0.1) is 12.7 Å². The van der Waals surface area contributed by atoms with Crippen LogP contribution in [-0.4, -0.2) is 55.9 Å². The van der Waals surface area contributed by atoms with Crippen molar-refractivity contribution in [3.05, 3.63) is 35.1 Å². The Bertz CT molecular complexity index is 602. The smallest absolute Gasteiger partial charge is 0.194 e. The molecule has 1 aromatic carbocycles. The minimum absolute atomic E-state index is 0.105. The van der Waals surface area contributed by atoms with Crippen LogP contribution in [0.25, 0.3) is 0 Å². The summed E-state index contributed by atoms with van der Waals surface area (Å²) in [6.45, 7) is 8.32. The molecule has 2 aliphatic rings. The van der Waals surface area contributed by atoms with E-state index in [0.717, 1.165) is 50.6 Å². The molecule has 0 aliphatic carbocycles. The number of hydrogen-bond donors (Lipinski definition) is 1. The van der Waals surface area contributed by atoms with Crippen molar-refractivity contribution in [2.24, 2.45) is 4.99 Å². The SMILES string of the molecule is CCNC(=NCc1ccc(F)c(C)c1)N1CCOC(C2CCCO2)C1. The van der Waals surface area contributed by atoms with E-state index in [2.05, 4.69) is 17.1 Å². The molecule has 2 fully saturated rings. The molecule has 1 N–H and O–H groups in total. The summed E-state index contributed by atoms with van der Waals surface area (Å²) < 4.78 is 25.1. The summed E-state index contributed by atoms with van der Waals surface area (Å²) in [7, 11) is 0. The van der Waals surface area contributed by atoms with E-state index in [0.29, 0.717) is 18.7 Å². The lowest BCUT2D eigenvalue weighted by molar-refractivity contribution is -0.0817. The topological polar surface area (TPSA) is 46.1 Å². The Morgan fingerprint density at radius 1 is 1.32 bits per heavy atom. The standard InChI is InChI=1S/C19H28FN3O2/c1-3-21-19(22-12-15-6-7-16(20)14(2)11-15)23-8-10-25-18(13-23)17-5-4-9-24-17/h6-7,11,17-18H,3-5,8-10,12-13H2,1-2H3,(H,21,22). The zero-order valence-electron chi connectivity index (χ0n) is 15.1. The summed E-state index contributed by atoms with van der Waals surface area (Å²) in [5, 5.41) is 3.37. The minimum atomic E-state index is -0.174. The van der Waals surface area contributed by atoms with Crippen molar-refractivity contribution in [3.8, 4) is 0 Å². The van der Waals surface area contributed by atoms with E-state index in [1.165, 1.54) is 6.07 Å². The third-order valence-electron chi connectivity index (χ3n) is 4.74.